The van der Waals surface area contributed by atoms with Gasteiger partial charge in [-0.2, -0.15) is 0 Å². The van der Waals surface area contributed by atoms with E-state index < -0.39 is 5.91 Å². The third-order valence-electron chi connectivity index (χ3n) is 5.77. The minimum absolute atomic E-state index is 0.435. The maximum Gasteiger partial charge on any atom is 0.248 e. The van der Waals surface area contributed by atoms with Crippen molar-refractivity contribution in [3.05, 3.63) is 90.3 Å². The van der Waals surface area contributed by atoms with Gasteiger partial charge >= 0.3 is 0 Å². The van der Waals surface area contributed by atoms with Crippen molar-refractivity contribution in [2.24, 2.45) is 5.73 Å². The summed E-state index contributed by atoms with van der Waals surface area (Å²) in [4.78, 5) is 18.3. The highest BCUT2D eigenvalue weighted by Crippen LogP contribution is 2.22. The van der Waals surface area contributed by atoms with Crippen molar-refractivity contribution in [2.75, 3.05) is 31.2 Å². The van der Waals surface area contributed by atoms with Crippen molar-refractivity contribution in [3.8, 4) is 11.5 Å². The minimum Gasteiger partial charge on any atom is -0.457 e. The molecule has 1 fully saturated rings. The molecular weight excluding hydrogens is 402 g/mol. The molecule has 7 nitrogen and oxygen atoms in total. The van der Waals surface area contributed by atoms with Crippen molar-refractivity contribution in [1.29, 1.82) is 0 Å². The van der Waals surface area contributed by atoms with Crippen LogP contribution in [0.2, 0.25) is 0 Å². The third-order valence-corrected chi connectivity index (χ3v) is 5.77. The Labute approximate surface area is 186 Å². The number of para-hydroxylation sites is 1. The zero-order valence-corrected chi connectivity index (χ0v) is 17.7. The highest BCUT2D eigenvalue weighted by molar-refractivity contribution is 5.96. The Kier molecular flexibility index (Phi) is 5.47. The highest BCUT2D eigenvalue weighted by atomic mass is 16.5. The molecule has 162 valence electrons. The molecule has 2 heterocycles. The standard InChI is InChI=1S/C25H25N5O2/c26-25(31)20-8-11-24-23(16-20)27-18-30(24)29-14-12-28(13-15-29)17-19-6-9-22(10-7-19)32-21-4-2-1-3-5-21/h1-11,16,18H,12-15,17H2,(H2,26,31). The van der Waals surface area contributed by atoms with Gasteiger partial charge in [-0.05, 0) is 48.0 Å². The first-order valence-corrected chi connectivity index (χ1v) is 10.7. The third kappa shape index (κ3) is 4.29. The molecule has 5 rings (SSSR count). The van der Waals surface area contributed by atoms with E-state index in [2.05, 4.69) is 31.7 Å². The van der Waals surface area contributed by atoms with E-state index in [0.29, 0.717) is 5.56 Å². The van der Waals surface area contributed by atoms with E-state index in [1.807, 2.05) is 54.9 Å². The number of nitrogens with zero attached hydrogens (tertiary/aromatic N) is 4. The van der Waals surface area contributed by atoms with Crippen molar-refractivity contribution in [2.45, 2.75) is 6.54 Å². The number of hydrogen-bond acceptors (Lipinski definition) is 5. The number of aromatic nitrogens is 2. The predicted molar refractivity (Wildman–Crippen MR) is 124 cm³/mol. The second kappa shape index (κ2) is 8.72. The first-order chi connectivity index (χ1) is 15.7. The lowest BCUT2D eigenvalue weighted by molar-refractivity contribution is 0.100. The van der Waals surface area contributed by atoms with Crippen LogP contribution in [0.3, 0.4) is 0 Å². The second-order valence-electron chi connectivity index (χ2n) is 7.95. The molecule has 1 aliphatic rings. The van der Waals surface area contributed by atoms with Crippen LogP contribution in [0.1, 0.15) is 15.9 Å². The second-order valence-corrected chi connectivity index (χ2v) is 7.95. The molecule has 1 amide bonds. The van der Waals surface area contributed by atoms with Gasteiger partial charge < -0.3 is 15.5 Å². The number of hydrogen-bond donors (Lipinski definition) is 1. The molecule has 2 N–H and O–H groups in total. The Morgan fingerprint density at radius 1 is 0.906 bits per heavy atom. The van der Waals surface area contributed by atoms with E-state index in [1.165, 1.54) is 5.56 Å². The summed E-state index contributed by atoms with van der Waals surface area (Å²) >= 11 is 0. The summed E-state index contributed by atoms with van der Waals surface area (Å²) in [5.41, 5.74) is 8.89. The van der Waals surface area contributed by atoms with Crippen molar-refractivity contribution >= 4 is 16.9 Å². The largest absolute Gasteiger partial charge is 0.457 e. The average Bonchev–Trinajstić information content (AvgIpc) is 3.25. The maximum absolute atomic E-state index is 11.4. The Morgan fingerprint density at radius 2 is 1.62 bits per heavy atom. The van der Waals surface area contributed by atoms with Crippen LogP contribution in [0.15, 0.2) is 79.1 Å². The van der Waals surface area contributed by atoms with E-state index in [-0.39, 0.29) is 0 Å². The van der Waals surface area contributed by atoms with Gasteiger partial charge in [0.1, 0.15) is 17.8 Å². The van der Waals surface area contributed by atoms with Gasteiger partial charge in [0.05, 0.1) is 11.0 Å². The van der Waals surface area contributed by atoms with Gasteiger partial charge in [-0.1, -0.05) is 30.3 Å². The number of ether oxygens (including phenoxy) is 1. The lowest BCUT2D eigenvalue weighted by Crippen LogP contribution is -2.50. The zero-order valence-electron chi connectivity index (χ0n) is 17.7. The van der Waals surface area contributed by atoms with E-state index in [0.717, 1.165) is 55.3 Å². The number of piperazine rings is 1. The quantitative estimate of drug-likeness (QED) is 0.511. The zero-order chi connectivity index (χ0) is 21.9. The van der Waals surface area contributed by atoms with Crippen LogP contribution in [-0.2, 0) is 6.54 Å². The normalized spacial score (nSPS) is 14.6. The van der Waals surface area contributed by atoms with E-state index >= 15 is 0 Å². The number of benzene rings is 3. The first-order valence-electron chi connectivity index (χ1n) is 10.7. The van der Waals surface area contributed by atoms with E-state index in [4.69, 9.17) is 10.5 Å². The van der Waals surface area contributed by atoms with Crippen LogP contribution in [0.4, 0.5) is 0 Å². The lowest BCUT2D eigenvalue weighted by atomic mass is 10.2. The summed E-state index contributed by atoms with van der Waals surface area (Å²) in [5, 5.41) is 2.28. The van der Waals surface area contributed by atoms with Crippen LogP contribution in [0.5, 0.6) is 11.5 Å². The van der Waals surface area contributed by atoms with Crippen LogP contribution < -0.4 is 15.5 Å². The van der Waals surface area contributed by atoms with Crippen molar-refractivity contribution < 1.29 is 9.53 Å². The molecule has 0 aliphatic carbocycles. The van der Waals surface area contributed by atoms with Gasteiger partial charge in [0.2, 0.25) is 5.91 Å². The van der Waals surface area contributed by atoms with Gasteiger partial charge in [-0.25, -0.2) is 9.66 Å². The molecule has 1 saturated heterocycles. The molecule has 4 aromatic rings. The summed E-state index contributed by atoms with van der Waals surface area (Å²) in [6.45, 7) is 4.63. The number of primary amides is 1. The molecule has 32 heavy (non-hydrogen) atoms. The fourth-order valence-corrected chi connectivity index (χ4v) is 4.03. The number of imidazole rings is 1. The molecule has 0 bridgehead atoms. The molecule has 0 atom stereocenters. The number of amides is 1. The monoisotopic (exact) mass is 427 g/mol. The molecule has 3 aromatic carbocycles. The van der Waals surface area contributed by atoms with Crippen LogP contribution >= 0.6 is 0 Å². The molecule has 7 heteroatoms. The van der Waals surface area contributed by atoms with E-state index in [9.17, 15) is 4.79 Å². The average molecular weight is 428 g/mol. The molecule has 0 saturated carbocycles. The number of carbonyl (C=O) groups is 1. The number of fused-ring (bicyclic) bond motifs is 1. The number of nitrogens with two attached hydrogens (primary N) is 1. The van der Waals surface area contributed by atoms with Crippen LogP contribution in [0.25, 0.3) is 11.0 Å². The smallest absolute Gasteiger partial charge is 0.248 e. The molecule has 1 aromatic heterocycles. The fourth-order valence-electron chi connectivity index (χ4n) is 4.03. The Balaban J connectivity index is 1.18. The molecule has 1 aliphatic heterocycles. The summed E-state index contributed by atoms with van der Waals surface area (Å²) in [7, 11) is 0. The highest BCUT2D eigenvalue weighted by Gasteiger charge is 2.19. The Hall–Kier alpha value is -3.84. The number of rotatable bonds is 6. The first kappa shape index (κ1) is 20.1. The predicted octanol–water partition coefficient (Wildman–Crippen LogP) is 3.38. The molecular formula is C25H25N5O2. The van der Waals surface area contributed by atoms with Gasteiger partial charge in [-0.3, -0.25) is 9.69 Å². The summed E-state index contributed by atoms with van der Waals surface area (Å²) < 4.78 is 7.96. The Bertz CT molecular complexity index is 1210. The molecule has 0 spiro atoms. The summed E-state index contributed by atoms with van der Waals surface area (Å²) in [6.07, 6.45) is 1.82. The molecule has 0 unspecified atom stereocenters. The van der Waals surface area contributed by atoms with Crippen LogP contribution in [0, 0.1) is 0 Å². The summed E-state index contributed by atoms with van der Waals surface area (Å²) in [5.74, 6) is 1.25. The Morgan fingerprint density at radius 3 is 2.34 bits per heavy atom. The van der Waals surface area contributed by atoms with Gasteiger partial charge in [0.15, 0.2) is 0 Å². The topological polar surface area (TPSA) is 76.6 Å². The van der Waals surface area contributed by atoms with Crippen LogP contribution in [-0.4, -0.2) is 46.6 Å². The van der Waals surface area contributed by atoms with E-state index in [1.54, 1.807) is 12.1 Å². The van der Waals surface area contributed by atoms with Crippen molar-refractivity contribution in [3.63, 3.8) is 0 Å². The minimum atomic E-state index is -0.435. The summed E-state index contributed by atoms with van der Waals surface area (Å²) in [6, 6.07) is 23.5. The molecule has 0 radical (unpaired) electrons. The fraction of sp³-hybridized carbons (Fsp3) is 0.200. The SMILES string of the molecule is NC(=O)c1ccc2c(c1)ncn2N1CCN(Cc2ccc(Oc3ccccc3)cc2)CC1. The van der Waals surface area contributed by atoms with Gasteiger partial charge in [0, 0.05) is 38.3 Å². The number of carbonyl (C=O) groups excluding carboxylic acids is 1. The van der Waals surface area contributed by atoms with Gasteiger partial charge in [-0.15, -0.1) is 0 Å². The maximum atomic E-state index is 11.4. The lowest BCUT2D eigenvalue weighted by Gasteiger charge is -2.36. The van der Waals surface area contributed by atoms with Crippen molar-refractivity contribution in [1.82, 2.24) is 14.6 Å². The van der Waals surface area contributed by atoms with Gasteiger partial charge in [0.25, 0.3) is 0 Å².